The molecule has 1 rings (SSSR count). The standard InChI is InChI=1S/C16H23NO3S/c1-4-5-13(16(19)20)9-17-15(18)10-21-14-7-6-11(2)8-12(14)3/h6-8,13H,4-5,9-10H2,1-3H3,(H,17,18)(H,19,20). The van der Waals surface area contributed by atoms with Crippen LogP contribution in [0.3, 0.4) is 0 Å². The van der Waals surface area contributed by atoms with Gasteiger partial charge in [0.15, 0.2) is 0 Å². The number of carbonyl (C=O) groups is 2. The number of carbonyl (C=O) groups excluding carboxylic acids is 1. The van der Waals surface area contributed by atoms with Crippen LogP contribution in [-0.4, -0.2) is 29.3 Å². The number of hydrogen-bond donors (Lipinski definition) is 2. The SMILES string of the molecule is CCCC(CNC(=O)CSc1ccc(C)cc1C)C(=O)O. The first-order valence-electron chi connectivity index (χ1n) is 7.13. The van der Waals surface area contributed by atoms with Gasteiger partial charge in [-0.05, 0) is 31.9 Å². The van der Waals surface area contributed by atoms with Crippen molar-refractivity contribution in [2.75, 3.05) is 12.3 Å². The summed E-state index contributed by atoms with van der Waals surface area (Å²) in [6.07, 6.45) is 1.38. The Morgan fingerprint density at radius 1 is 1.33 bits per heavy atom. The molecule has 0 aromatic heterocycles. The molecule has 5 heteroatoms. The Kier molecular flexibility index (Phi) is 7.29. The molecule has 0 heterocycles. The van der Waals surface area contributed by atoms with Crippen LogP contribution in [0.15, 0.2) is 23.1 Å². The van der Waals surface area contributed by atoms with Crippen molar-refractivity contribution in [1.82, 2.24) is 5.32 Å². The third kappa shape index (κ3) is 6.21. The molecule has 1 aromatic rings. The lowest BCUT2D eigenvalue weighted by Gasteiger charge is -2.12. The molecule has 2 N–H and O–H groups in total. The van der Waals surface area contributed by atoms with Gasteiger partial charge in [-0.15, -0.1) is 11.8 Å². The van der Waals surface area contributed by atoms with Gasteiger partial charge in [0.1, 0.15) is 0 Å². The predicted molar refractivity (Wildman–Crippen MR) is 85.7 cm³/mol. The minimum absolute atomic E-state index is 0.123. The molecule has 0 spiro atoms. The van der Waals surface area contributed by atoms with Crippen LogP contribution in [0.5, 0.6) is 0 Å². The summed E-state index contributed by atoms with van der Waals surface area (Å²) >= 11 is 1.48. The highest BCUT2D eigenvalue weighted by molar-refractivity contribution is 8.00. The fourth-order valence-corrected chi connectivity index (χ4v) is 2.89. The van der Waals surface area contributed by atoms with Crippen LogP contribution in [0, 0.1) is 19.8 Å². The van der Waals surface area contributed by atoms with Crippen LogP contribution >= 0.6 is 11.8 Å². The Morgan fingerprint density at radius 2 is 2.05 bits per heavy atom. The lowest BCUT2D eigenvalue weighted by molar-refractivity contribution is -0.141. The van der Waals surface area contributed by atoms with E-state index < -0.39 is 11.9 Å². The van der Waals surface area contributed by atoms with Gasteiger partial charge in [0.05, 0.1) is 11.7 Å². The molecular weight excluding hydrogens is 286 g/mol. The maximum Gasteiger partial charge on any atom is 0.308 e. The number of aryl methyl sites for hydroxylation is 2. The van der Waals surface area contributed by atoms with Gasteiger partial charge < -0.3 is 10.4 Å². The average molecular weight is 309 g/mol. The highest BCUT2D eigenvalue weighted by atomic mass is 32.2. The van der Waals surface area contributed by atoms with Gasteiger partial charge in [-0.2, -0.15) is 0 Å². The molecular formula is C16H23NO3S. The number of benzene rings is 1. The van der Waals surface area contributed by atoms with Gasteiger partial charge >= 0.3 is 5.97 Å². The van der Waals surface area contributed by atoms with E-state index in [4.69, 9.17) is 5.11 Å². The number of carboxylic acids is 1. The molecule has 0 radical (unpaired) electrons. The predicted octanol–water partition coefficient (Wildman–Crippen LogP) is 3.01. The number of amides is 1. The zero-order valence-corrected chi connectivity index (χ0v) is 13.6. The molecule has 1 unspecified atom stereocenters. The summed E-state index contributed by atoms with van der Waals surface area (Å²) in [4.78, 5) is 23.9. The largest absolute Gasteiger partial charge is 0.481 e. The number of aliphatic carboxylic acids is 1. The summed E-state index contributed by atoms with van der Waals surface area (Å²) in [6, 6.07) is 6.12. The van der Waals surface area contributed by atoms with Crippen molar-refractivity contribution < 1.29 is 14.7 Å². The van der Waals surface area contributed by atoms with Gasteiger partial charge in [-0.25, -0.2) is 0 Å². The summed E-state index contributed by atoms with van der Waals surface area (Å²) in [5, 5.41) is 11.7. The fourth-order valence-electron chi connectivity index (χ4n) is 2.05. The van der Waals surface area contributed by atoms with Gasteiger partial charge in [0.25, 0.3) is 0 Å². The van der Waals surface area contributed by atoms with E-state index in [0.717, 1.165) is 16.9 Å². The summed E-state index contributed by atoms with van der Waals surface area (Å²) in [7, 11) is 0. The third-order valence-corrected chi connectivity index (χ3v) is 4.40. The minimum Gasteiger partial charge on any atom is -0.481 e. The molecule has 1 amide bonds. The van der Waals surface area contributed by atoms with E-state index in [1.165, 1.54) is 17.3 Å². The first-order chi connectivity index (χ1) is 9.93. The second kappa shape index (κ2) is 8.72. The Morgan fingerprint density at radius 3 is 2.62 bits per heavy atom. The molecule has 0 fully saturated rings. The molecule has 0 aliphatic carbocycles. The van der Waals surface area contributed by atoms with E-state index in [1.807, 2.05) is 32.9 Å². The van der Waals surface area contributed by atoms with Crippen LogP contribution in [0.1, 0.15) is 30.9 Å². The maximum atomic E-state index is 11.8. The Hall–Kier alpha value is -1.49. The van der Waals surface area contributed by atoms with Gasteiger partial charge in [-0.1, -0.05) is 31.0 Å². The van der Waals surface area contributed by atoms with Crippen LogP contribution in [-0.2, 0) is 9.59 Å². The first kappa shape index (κ1) is 17.6. The highest BCUT2D eigenvalue weighted by Gasteiger charge is 2.17. The molecule has 0 saturated carbocycles. The number of nitrogens with one attached hydrogen (secondary N) is 1. The molecule has 0 bridgehead atoms. The number of rotatable bonds is 8. The van der Waals surface area contributed by atoms with Crippen LogP contribution in [0.25, 0.3) is 0 Å². The zero-order chi connectivity index (χ0) is 15.8. The lowest BCUT2D eigenvalue weighted by Crippen LogP contribution is -2.33. The number of carboxylic acid groups (broad SMARTS) is 1. The first-order valence-corrected chi connectivity index (χ1v) is 8.12. The van der Waals surface area contributed by atoms with Crippen molar-refractivity contribution in [2.45, 2.75) is 38.5 Å². The van der Waals surface area contributed by atoms with Gasteiger partial charge in [0, 0.05) is 11.4 Å². The molecule has 1 aromatic carbocycles. The normalized spacial score (nSPS) is 12.0. The molecule has 116 valence electrons. The third-order valence-electron chi connectivity index (χ3n) is 3.22. The zero-order valence-electron chi connectivity index (χ0n) is 12.8. The maximum absolute atomic E-state index is 11.8. The van der Waals surface area contributed by atoms with Crippen LogP contribution < -0.4 is 5.32 Å². The Bertz CT molecular complexity index is 502. The summed E-state index contributed by atoms with van der Waals surface area (Å²) < 4.78 is 0. The molecule has 0 saturated heterocycles. The van der Waals surface area contributed by atoms with E-state index >= 15 is 0 Å². The van der Waals surface area contributed by atoms with E-state index in [2.05, 4.69) is 11.4 Å². The Labute approximate surface area is 130 Å². The van der Waals surface area contributed by atoms with E-state index in [1.54, 1.807) is 0 Å². The van der Waals surface area contributed by atoms with Gasteiger partial charge in [-0.3, -0.25) is 9.59 Å². The topological polar surface area (TPSA) is 66.4 Å². The molecule has 0 aliphatic heterocycles. The van der Waals surface area contributed by atoms with Crippen molar-refractivity contribution in [3.63, 3.8) is 0 Å². The van der Waals surface area contributed by atoms with E-state index in [-0.39, 0.29) is 12.5 Å². The van der Waals surface area contributed by atoms with Crippen LogP contribution in [0.2, 0.25) is 0 Å². The molecule has 4 nitrogen and oxygen atoms in total. The van der Waals surface area contributed by atoms with Crippen molar-refractivity contribution in [3.05, 3.63) is 29.3 Å². The molecule has 21 heavy (non-hydrogen) atoms. The number of hydrogen-bond acceptors (Lipinski definition) is 3. The van der Waals surface area contributed by atoms with Crippen molar-refractivity contribution in [1.29, 1.82) is 0 Å². The summed E-state index contributed by atoms with van der Waals surface area (Å²) in [5.41, 5.74) is 2.35. The highest BCUT2D eigenvalue weighted by Crippen LogP contribution is 2.22. The van der Waals surface area contributed by atoms with E-state index in [9.17, 15) is 9.59 Å². The molecule has 0 aliphatic rings. The second-order valence-corrected chi connectivity index (χ2v) is 6.20. The quantitative estimate of drug-likeness (QED) is 0.724. The minimum atomic E-state index is -0.848. The van der Waals surface area contributed by atoms with Crippen molar-refractivity contribution in [2.24, 2.45) is 5.92 Å². The van der Waals surface area contributed by atoms with E-state index in [0.29, 0.717) is 12.2 Å². The molecule has 1 atom stereocenters. The monoisotopic (exact) mass is 309 g/mol. The van der Waals surface area contributed by atoms with Crippen molar-refractivity contribution in [3.8, 4) is 0 Å². The van der Waals surface area contributed by atoms with Crippen LogP contribution in [0.4, 0.5) is 0 Å². The Balaban J connectivity index is 2.41. The number of thioether (sulfide) groups is 1. The van der Waals surface area contributed by atoms with Crippen molar-refractivity contribution >= 4 is 23.6 Å². The summed E-state index contributed by atoms with van der Waals surface area (Å²) in [5.74, 6) is -1.16. The average Bonchev–Trinajstić information content (AvgIpc) is 2.42. The van der Waals surface area contributed by atoms with Gasteiger partial charge in [0.2, 0.25) is 5.91 Å². The lowest BCUT2D eigenvalue weighted by atomic mass is 10.0. The summed E-state index contributed by atoms with van der Waals surface area (Å²) in [6.45, 7) is 6.20. The fraction of sp³-hybridized carbons (Fsp3) is 0.500. The smallest absolute Gasteiger partial charge is 0.308 e. The second-order valence-electron chi connectivity index (χ2n) is 5.19.